The quantitative estimate of drug-likeness (QED) is 0.798. The molecule has 0 fully saturated rings. The third-order valence-electron chi connectivity index (χ3n) is 3.66. The van der Waals surface area contributed by atoms with Crippen molar-refractivity contribution in [1.29, 1.82) is 0 Å². The highest BCUT2D eigenvalue weighted by atomic mass is 16.5. The summed E-state index contributed by atoms with van der Waals surface area (Å²) in [6, 6.07) is 1.49. The van der Waals surface area contributed by atoms with Gasteiger partial charge in [0.1, 0.15) is 5.82 Å². The number of anilines is 2. The molecule has 2 aromatic heterocycles. The van der Waals surface area contributed by atoms with E-state index < -0.39 is 17.2 Å². The van der Waals surface area contributed by atoms with Crippen molar-refractivity contribution in [3.05, 3.63) is 38.4 Å². The zero-order valence-electron chi connectivity index (χ0n) is 15.7. The molecule has 26 heavy (non-hydrogen) atoms. The zero-order valence-corrected chi connectivity index (χ0v) is 15.7. The van der Waals surface area contributed by atoms with Crippen LogP contribution in [0.4, 0.5) is 11.5 Å². The molecular formula is C17H25N5O4. The number of nitrogen functional groups attached to an aromatic ring is 1. The summed E-state index contributed by atoms with van der Waals surface area (Å²) < 4.78 is 6.32. The molecule has 0 radical (unpaired) electrons. The van der Waals surface area contributed by atoms with E-state index in [1.807, 2.05) is 27.7 Å². The van der Waals surface area contributed by atoms with Gasteiger partial charge in [0.05, 0.1) is 5.69 Å². The van der Waals surface area contributed by atoms with Crippen LogP contribution in [-0.2, 0) is 6.54 Å². The van der Waals surface area contributed by atoms with Crippen LogP contribution in [0.2, 0.25) is 0 Å². The Kier molecular flexibility index (Phi) is 5.69. The number of hydrogen-bond donors (Lipinski definition) is 2. The first-order valence-electron chi connectivity index (χ1n) is 8.49. The molecule has 1 amide bonds. The molecule has 2 heterocycles. The van der Waals surface area contributed by atoms with Crippen molar-refractivity contribution in [2.45, 2.75) is 41.2 Å². The molecule has 0 aliphatic heterocycles. The molecule has 9 heteroatoms. The van der Waals surface area contributed by atoms with E-state index in [4.69, 9.17) is 10.3 Å². The van der Waals surface area contributed by atoms with Crippen LogP contribution in [0.25, 0.3) is 0 Å². The monoisotopic (exact) mass is 363 g/mol. The van der Waals surface area contributed by atoms with E-state index in [0.29, 0.717) is 12.2 Å². The van der Waals surface area contributed by atoms with E-state index in [1.54, 1.807) is 6.92 Å². The lowest BCUT2D eigenvalue weighted by atomic mass is 10.1. The highest BCUT2D eigenvalue weighted by molar-refractivity contribution is 6.05. The fraction of sp³-hybridized carbons (Fsp3) is 0.529. The molecule has 2 aromatic rings. The number of aromatic nitrogens is 3. The minimum absolute atomic E-state index is 0.00330. The number of amides is 1. The lowest BCUT2D eigenvalue weighted by Gasteiger charge is -2.25. The molecule has 2 rings (SSSR count). The van der Waals surface area contributed by atoms with Gasteiger partial charge >= 0.3 is 5.69 Å². The van der Waals surface area contributed by atoms with Gasteiger partial charge in [-0.25, -0.2) is 4.79 Å². The van der Waals surface area contributed by atoms with Crippen molar-refractivity contribution in [3.8, 4) is 0 Å². The highest BCUT2D eigenvalue weighted by Gasteiger charge is 2.28. The second-order valence-corrected chi connectivity index (χ2v) is 7.14. The summed E-state index contributed by atoms with van der Waals surface area (Å²) in [5, 5.41) is 3.71. The van der Waals surface area contributed by atoms with Crippen LogP contribution in [0.3, 0.4) is 0 Å². The Morgan fingerprint density at radius 3 is 2.46 bits per heavy atom. The van der Waals surface area contributed by atoms with E-state index in [2.05, 4.69) is 10.1 Å². The second kappa shape index (κ2) is 7.59. The van der Waals surface area contributed by atoms with Gasteiger partial charge < -0.3 is 10.3 Å². The molecule has 0 unspecified atom stereocenters. The van der Waals surface area contributed by atoms with Gasteiger partial charge in [-0.3, -0.25) is 24.0 Å². The van der Waals surface area contributed by atoms with Gasteiger partial charge in [0.2, 0.25) is 5.76 Å². The van der Waals surface area contributed by atoms with E-state index in [-0.39, 0.29) is 35.6 Å². The smallest absolute Gasteiger partial charge is 0.330 e. The standard InChI is InChI=1S/C17H25N5O4/c1-9(2)7-21(16(24)12-6-11(5)20-26-12)13-14(18)22(8-10(3)4)17(25)19-15(13)23/h6,9-10H,7-8,18H2,1-5H3,(H,19,23,25). The first-order valence-corrected chi connectivity index (χ1v) is 8.49. The molecule has 0 aliphatic carbocycles. The van der Waals surface area contributed by atoms with Crippen molar-refractivity contribution in [2.24, 2.45) is 11.8 Å². The lowest BCUT2D eigenvalue weighted by Crippen LogP contribution is -2.43. The summed E-state index contributed by atoms with van der Waals surface area (Å²) >= 11 is 0. The average molecular weight is 363 g/mol. The summed E-state index contributed by atoms with van der Waals surface area (Å²) in [6.45, 7) is 9.89. The van der Waals surface area contributed by atoms with Crippen LogP contribution >= 0.6 is 0 Å². The summed E-state index contributed by atoms with van der Waals surface area (Å²) in [5.74, 6) is -0.403. The fourth-order valence-electron chi connectivity index (χ4n) is 2.62. The number of nitrogens with zero attached hydrogens (tertiary/aromatic N) is 3. The van der Waals surface area contributed by atoms with E-state index >= 15 is 0 Å². The Hall–Kier alpha value is -2.84. The van der Waals surface area contributed by atoms with Crippen LogP contribution in [0.15, 0.2) is 20.2 Å². The number of aryl methyl sites for hydroxylation is 1. The molecule has 0 atom stereocenters. The van der Waals surface area contributed by atoms with E-state index in [9.17, 15) is 14.4 Å². The van der Waals surface area contributed by atoms with E-state index in [0.717, 1.165) is 0 Å². The van der Waals surface area contributed by atoms with Gasteiger partial charge in [-0.1, -0.05) is 32.9 Å². The Balaban J connectivity index is 2.63. The van der Waals surface area contributed by atoms with E-state index in [1.165, 1.54) is 15.5 Å². The van der Waals surface area contributed by atoms with Gasteiger partial charge in [-0.15, -0.1) is 0 Å². The van der Waals surface area contributed by atoms with Gasteiger partial charge in [-0.2, -0.15) is 0 Å². The Labute approximate surface area is 150 Å². The van der Waals surface area contributed by atoms with Crippen molar-refractivity contribution >= 4 is 17.4 Å². The molecule has 0 bridgehead atoms. The lowest BCUT2D eigenvalue weighted by molar-refractivity contribution is 0.0947. The van der Waals surface area contributed by atoms with Crippen LogP contribution in [0, 0.1) is 18.8 Å². The van der Waals surface area contributed by atoms with Gasteiger partial charge in [0, 0.05) is 19.2 Å². The molecular weight excluding hydrogens is 338 g/mol. The largest absolute Gasteiger partial charge is 0.383 e. The first-order chi connectivity index (χ1) is 12.1. The number of rotatable bonds is 6. The number of aromatic amines is 1. The summed E-state index contributed by atoms with van der Waals surface area (Å²) in [7, 11) is 0. The number of H-pyrrole nitrogens is 1. The van der Waals surface area contributed by atoms with Crippen LogP contribution in [-0.4, -0.2) is 27.2 Å². The maximum atomic E-state index is 12.9. The molecule has 0 saturated carbocycles. The predicted molar refractivity (Wildman–Crippen MR) is 98.3 cm³/mol. The topological polar surface area (TPSA) is 127 Å². The number of carbonyl (C=O) groups excluding carboxylic acids is 1. The van der Waals surface area contributed by atoms with Gasteiger partial charge in [0.25, 0.3) is 11.5 Å². The predicted octanol–water partition coefficient (Wildman–Crippen LogP) is 1.37. The highest BCUT2D eigenvalue weighted by Crippen LogP contribution is 2.21. The van der Waals surface area contributed by atoms with Crippen molar-refractivity contribution < 1.29 is 9.32 Å². The molecule has 0 aliphatic rings. The van der Waals surface area contributed by atoms with Gasteiger partial charge in [-0.05, 0) is 18.8 Å². The maximum absolute atomic E-state index is 12.9. The Morgan fingerprint density at radius 1 is 1.31 bits per heavy atom. The number of nitrogens with two attached hydrogens (primary N) is 1. The Bertz CT molecular complexity index is 907. The number of nitrogens with one attached hydrogen (secondary N) is 1. The van der Waals surface area contributed by atoms with Crippen LogP contribution in [0.5, 0.6) is 0 Å². The third kappa shape index (κ3) is 4.04. The Morgan fingerprint density at radius 2 is 1.96 bits per heavy atom. The molecule has 0 aromatic carbocycles. The molecule has 3 N–H and O–H groups in total. The third-order valence-corrected chi connectivity index (χ3v) is 3.66. The van der Waals surface area contributed by atoms with Crippen molar-refractivity contribution in [2.75, 3.05) is 17.2 Å². The second-order valence-electron chi connectivity index (χ2n) is 7.14. The number of hydrogen-bond acceptors (Lipinski definition) is 6. The minimum atomic E-state index is -0.710. The normalized spacial score (nSPS) is 11.3. The van der Waals surface area contributed by atoms with Gasteiger partial charge in [0.15, 0.2) is 5.69 Å². The van der Waals surface area contributed by atoms with Crippen molar-refractivity contribution in [3.63, 3.8) is 0 Å². The van der Waals surface area contributed by atoms with Crippen LogP contribution in [0.1, 0.15) is 43.9 Å². The summed E-state index contributed by atoms with van der Waals surface area (Å²) in [5.41, 5.74) is 5.31. The molecule has 9 nitrogen and oxygen atoms in total. The average Bonchev–Trinajstić information content (AvgIpc) is 2.95. The SMILES string of the molecule is Cc1cc(C(=O)N(CC(C)C)c2c(N)n(CC(C)C)c(=O)[nH]c2=O)on1. The van der Waals surface area contributed by atoms with Crippen molar-refractivity contribution in [1.82, 2.24) is 14.7 Å². The zero-order chi connectivity index (χ0) is 19.6. The summed E-state index contributed by atoms with van der Waals surface area (Å²) in [6.07, 6.45) is 0. The first kappa shape index (κ1) is 19.5. The molecule has 0 spiro atoms. The fourth-order valence-corrected chi connectivity index (χ4v) is 2.62. The van der Waals surface area contributed by atoms with Crippen LogP contribution < -0.4 is 21.9 Å². The molecule has 142 valence electrons. The minimum Gasteiger partial charge on any atom is -0.383 e. The number of carbonyl (C=O) groups is 1. The maximum Gasteiger partial charge on any atom is 0.330 e. The molecule has 0 saturated heterocycles. The summed E-state index contributed by atoms with van der Waals surface area (Å²) in [4.78, 5) is 41.0.